The first-order valence-corrected chi connectivity index (χ1v) is 12.8. The summed E-state index contributed by atoms with van der Waals surface area (Å²) in [6, 6.07) is 12.4. The fourth-order valence-corrected chi connectivity index (χ4v) is 5.32. The second-order valence-electron chi connectivity index (χ2n) is 8.23. The molecule has 1 aromatic heterocycles. The van der Waals surface area contributed by atoms with E-state index >= 15 is 0 Å². The van der Waals surface area contributed by atoms with Crippen molar-refractivity contribution >= 4 is 57.3 Å². The zero-order chi connectivity index (χ0) is 27.6. The molecule has 0 bridgehead atoms. The van der Waals surface area contributed by atoms with Gasteiger partial charge in [-0.2, -0.15) is 10.3 Å². The summed E-state index contributed by atoms with van der Waals surface area (Å²) < 4.78 is 17.6. The number of benzene rings is 2. The maximum absolute atomic E-state index is 12.5. The summed E-state index contributed by atoms with van der Waals surface area (Å²) in [5, 5.41) is 19.2. The standard InChI is InChI=1S/C26H22Cl2N4O5S/c1-13-19(11-29)25(30-14(2)33)38-23(13)24-31-32(15(3)34)26(37-24)16-6-8-21(22(9-16)35-4)36-12-17-5-7-18(27)10-20(17)28/h5-10,26H,12H2,1-4H3,(H,30,33). The van der Waals surface area contributed by atoms with Crippen molar-refractivity contribution in [2.45, 2.75) is 33.6 Å². The van der Waals surface area contributed by atoms with Gasteiger partial charge >= 0.3 is 0 Å². The molecule has 3 aromatic rings. The highest BCUT2D eigenvalue weighted by atomic mass is 35.5. The Kier molecular flexibility index (Phi) is 8.11. The van der Waals surface area contributed by atoms with Crippen LogP contribution >= 0.6 is 34.5 Å². The van der Waals surface area contributed by atoms with E-state index in [9.17, 15) is 14.9 Å². The molecule has 2 aromatic carbocycles. The van der Waals surface area contributed by atoms with E-state index in [0.717, 1.165) is 16.9 Å². The molecule has 0 radical (unpaired) electrons. The van der Waals surface area contributed by atoms with Gasteiger partial charge in [0.25, 0.3) is 5.90 Å². The molecule has 38 heavy (non-hydrogen) atoms. The number of nitriles is 1. The van der Waals surface area contributed by atoms with E-state index in [1.807, 2.05) is 0 Å². The van der Waals surface area contributed by atoms with Gasteiger partial charge in [0.1, 0.15) is 17.7 Å². The topological polar surface area (TPSA) is 113 Å². The van der Waals surface area contributed by atoms with Crippen LogP contribution in [-0.2, 0) is 20.9 Å². The number of hydrogen-bond donors (Lipinski definition) is 1. The Hall–Kier alpha value is -3.78. The van der Waals surface area contributed by atoms with Gasteiger partial charge in [-0.1, -0.05) is 29.3 Å². The minimum absolute atomic E-state index is 0.164. The van der Waals surface area contributed by atoms with E-state index in [4.69, 9.17) is 37.4 Å². The van der Waals surface area contributed by atoms with Crippen molar-refractivity contribution in [1.82, 2.24) is 5.01 Å². The van der Waals surface area contributed by atoms with Crippen LogP contribution in [0.4, 0.5) is 5.00 Å². The Labute approximate surface area is 233 Å². The van der Waals surface area contributed by atoms with Crippen molar-refractivity contribution in [3.05, 3.63) is 73.6 Å². The van der Waals surface area contributed by atoms with Gasteiger partial charge < -0.3 is 19.5 Å². The van der Waals surface area contributed by atoms with Crippen LogP contribution in [0.3, 0.4) is 0 Å². The zero-order valence-electron chi connectivity index (χ0n) is 20.8. The molecule has 1 aliphatic heterocycles. The summed E-state index contributed by atoms with van der Waals surface area (Å²) in [5.41, 5.74) is 2.24. The molecule has 0 saturated carbocycles. The number of ether oxygens (including phenoxy) is 3. The average Bonchev–Trinajstić information content (AvgIpc) is 3.44. The van der Waals surface area contributed by atoms with E-state index in [1.165, 1.54) is 26.0 Å². The van der Waals surface area contributed by atoms with Crippen LogP contribution < -0.4 is 14.8 Å². The Bertz CT molecular complexity index is 1500. The first kappa shape index (κ1) is 27.3. The minimum Gasteiger partial charge on any atom is -0.493 e. The van der Waals surface area contributed by atoms with Gasteiger partial charge in [-0.05, 0) is 42.8 Å². The summed E-state index contributed by atoms with van der Waals surface area (Å²) in [6.45, 7) is 4.65. The van der Waals surface area contributed by atoms with E-state index < -0.39 is 6.23 Å². The van der Waals surface area contributed by atoms with Crippen molar-refractivity contribution in [3.63, 3.8) is 0 Å². The van der Waals surface area contributed by atoms with Gasteiger partial charge in [0.2, 0.25) is 18.0 Å². The van der Waals surface area contributed by atoms with Crippen LogP contribution in [0.15, 0.2) is 41.5 Å². The van der Waals surface area contributed by atoms with Gasteiger partial charge in [0.05, 0.1) is 17.6 Å². The number of nitrogens with one attached hydrogen (secondary N) is 1. The highest BCUT2D eigenvalue weighted by molar-refractivity contribution is 7.18. The SMILES string of the molecule is COc1cc(C2OC(c3sc(NC(C)=O)c(C#N)c3C)=NN2C(C)=O)ccc1OCc1ccc(Cl)cc1Cl. The fourth-order valence-electron chi connectivity index (χ4n) is 3.72. The summed E-state index contributed by atoms with van der Waals surface area (Å²) >= 11 is 13.4. The van der Waals surface area contributed by atoms with Gasteiger partial charge in [-0.15, -0.1) is 16.4 Å². The maximum Gasteiger partial charge on any atom is 0.251 e. The smallest absolute Gasteiger partial charge is 0.251 e. The Morgan fingerprint density at radius 2 is 1.97 bits per heavy atom. The highest BCUT2D eigenvalue weighted by Crippen LogP contribution is 2.40. The largest absolute Gasteiger partial charge is 0.493 e. The number of anilines is 1. The molecule has 1 atom stereocenters. The predicted octanol–water partition coefficient (Wildman–Crippen LogP) is 6.02. The normalized spacial score (nSPS) is 14.4. The van der Waals surface area contributed by atoms with Gasteiger partial charge in [-0.25, -0.2) is 0 Å². The fraction of sp³-hybridized carbons (Fsp3) is 0.231. The quantitative estimate of drug-likeness (QED) is 0.370. The summed E-state index contributed by atoms with van der Waals surface area (Å²) in [6.07, 6.45) is -0.882. The molecule has 1 aliphatic rings. The lowest BCUT2D eigenvalue weighted by atomic mass is 10.1. The Morgan fingerprint density at radius 3 is 2.61 bits per heavy atom. The van der Waals surface area contributed by atoms with E-state index in [-0.39, 0.29) is 24.3 Å². The third kappa shape index (κ3) is 5.55. The number of thiophene rings is 1. The number of rotatable bonds is 7. The van der Waals surface area contributed by atoms with Crippen LogP contribution in [0.2, 0.25) is 10.0 Å². The van der Waals surface area contributed by atoms with Crippen molar-refractivity contribution in [3.8, 4) is 17.6 Å². The Morgan fingerprint density at radius 1 is 1.21 bits per heavy atom. The molecule has 12 heteroatoms. The highest BCUT2D eigenvalue weighted by Gasteiger charge is 2.36. The number of halogens is 2. The number of carbonyl (C=O) groups is 2. The first-order chi connectivity index (χ1) is 18.1. The summed E-state index contributed by atoms with van der Waals surface area (Å²) in [5.74, 6) is 0.388. The molecule has 4 rings (SSSR count). The maximum atomic E-state index is 12.5. The molecule has 0 spiro atoms. The number of amides is 2. The molecule has 0 aliphatic carbocycles. The number of hydrazone groups is 1. The molecule has 1 unspecified atom stereocenters. The average molecular weight is 573 g/mol. The zero-order valence-corrected chi connectivity index (χ0v) is 23.1. The monoisotopic (exact) mass is 572 g/mol. The third-order valence-corrected chi connectivity index (χ3v) is 7.36. The third-order valence-electron chi connectivity index (χ3n) is 5.58. The molecule has 0 saturated heterocycles. The second kappa shape index (κ2) is 11.3. The van der Waals surface area contributed by atoms with Crippen LogP contribution in [0.5, 0.6) is 11.5 Å². The van der Waals surface area contributed by atoms with Crippen LogP contribution in [0, 0.1) is 18.3 Å². The first-order valence-electron chi connectivity index (χ1n) is 11.2. The van der Waals surface area contributed by atoms with Crippen molar-refractivity contribution in [1.29, 1.82) is 5.26 Å². The molecule has 1 N–H and O–H groups in total. The summed E-state index contributed by atoms with van der Waals surface area (Å²) in [7, 11) is 1.50. The van der Waals surface area contributed by atoms with Crippen molar-refractivity contribution in [2.75, 3.05) is 12.4 Å². The van der Waals surface area contributed by atoms with E-state index in [2.05, 4.69) is 16.5 Å². The van der Waals surface area contributed by atoms with Gasteiger partial charge in [-0.3, -0.25) is 9.59 Å². The molecule has 0 fully saturated rings. The van der Waals surface area contributed by atoms with Crippen LogP contribution in [-0.4, -0.2) is 29.8 Å². The number of methoxy groups -OCH3 is 1. The van der Waals surface area contributed by atoms with Crippen molar-refractivity contribution < 1.29 is 23.8 Å². The molecule has 2 amide bonds. The molecular weight excluding hydrogens is 551 g/mol. The minimum atomic E-state index is -0.882. The second-order valence-corrected chi connectivity index (χ2v) is 10.1. The van der Waals surface area contributed by atoms with Crippen LogP contribution in [0.1, 0.15) is 47.2 Å². The molecule has 2 heterocycles. The van der Waals surface area contributed by atoms with Crippen LogP contribution in [0.25, 0.3) is 0 Å². The van der Waals surface area contributed by atoms with Gasteiger partial charge in [0.15, 0.2) is 11.5 Å². The lowest BCUT2D eigenvalue weighted by Crippen LogP contribution is -2.25. The Balaban J connectivity index is 1.60. The molecular formula is C26H22Cl2N4O5S. The number of hydrogen-bond acceptors (Lipinski definition) is 8. The summed E-state index contributed by atoms with van der Waals surface area (Å²) in [4.78, 5) is 24.6. The van der Waals surface area contributed by atoms with E-state index in [0.29, 0.717) is 48.1 Å². The van der Waals surface area contributed by atoms with Gasteiger partial charge in [0, 0.05) is 35.0 Å². The number of nitrogens with zero attached hydrogens (tertiary/aromatic N) is 3. The van der Waals surface area contributed by atoms with Crippen molar-refractivity contribution in [2.24, 2.45) is 5.10 Å². The lowest BCUT2D eigenvalue weighted by molar-refractivity contribution is -0.135. The predicted molar refractivity (Wildman–Crippen MR) is 145 cm³/mol. The number of carbonyl (C=O) groups excluding carboxylic acids is 2. The molecule has 9 nitrogen and oxygen atoms in total. The van der Waals surface area contributed by atoms with E-state index in [1.54, 1.807) is 43.3 Å². The lowest BCUT2D eigenvalue weighted by Gasteiger charge is -2.20. The molecule has 196 valence electrons.